The Kier molecular flexibility index (Phi) is 14.9. The van der Waals surface area contributed by atoms with Gasteiger partial charge >= 0.3 is 0 Å². The minimum absolute atomic E-state index is 0.0584. The highest BCUT2D eigenvalue weighted by Crippen LogP contribution is 2.51. The van der Waals surface area contributed by atoms with Crippen molar-refractivity contribution in [2.75, 3.05) is 32.7 Å². The molecule has 3 aliphatic rings. The Bertz CT molecular complexity index is 1470. The molecule has 0 bridgehead atoms. The number of amides is 4. The van der Waals surface area contributed by atoms with Gasteiger partial charge in [0.05, 0.1) is 6.04 Å². The molecule has 53 heavy (non-hydrogen) atoms. The molecule has 2 aromatic rings. The molecule has 1 saturated carbocycles. The van der Waals surface area contributed by atoms with Crippen molar-refractivity contribution in [3.8, 4) is 0 Å². The Morgan fingerprint density at radius 1 is 0.736 bits per heavy atom. The average molecular weight is 730 g/mol. The lowest BCUT2D eigenvalue weighted by molar-refractivity contribution is -0.141. The van der Waals surface area contributed by atoms with Gasteiger partial charge in [0.15, 0.2) is 0 Å². The second-order valence-corrected chi connectivity index (χ2v) is 16.2. The highest BCUT2D eigenvalue weighted by Gasteiger charge is 2.49. The Labute approximate surface area is 316 Å². The fourth-order valence-electron chi connectivity index (χ4n) is 8.43. The topological polar surface area (TPSA) is 163 Å². The molecule has 3 fully saturated rings. The van der Waals surface area contributed by atoms with Crippen molar-refractivity contribution < 1.29 is 19.2 Å². The van der Waals surface area contributed by atoms with E-state index in [0.717, 1.165) is 30.4 Å². The first kappa shape index (κ1) is 40.4. The van der Waals surface area contributed by atoms with Crippen LogP contribution in [0.25, 0.3) is 0 Å². The predicted molar refractivity (Wildman–Crippen MR) is 208 cm³/mol. The lowest BCUT2D eigenvalue weighted by Crippen LogP contribution is -2.60. The van der Waals surface area contributed by atoms with Crippen molar-refractivity contribution >= 4 is 23.6 Å². The fourth-order valence-corrected chi connectivity index (χ4v) is 8.43. The summed E-state index contributed by atoms with van der Waals surface area (Å²) >= 11 is 0. The summed E-state index contributed by atoms with van der Waals surface area (Å²) in [5, 5.41) is 8.87. The van der Waals surface area contributed by atoms with Gasteiger partial charge in [0.25, 0.3) is 0 Å². The smallest absolute Gasteiger partial charge is 0.245 e. The number of nitrogens with two attached hydrogens (primary N) is 2. The summed E-state index contributed by atoms with van der Waals surface area (Å²) in [6, 6.07) is 16.2. The van der Waals surface area contributed by atoms with Gasteiger partial charge in [-0.2, -0.15) is 0 Å². The molecule has 290 valence electrons. The Balaban J connectivity index is 1.23. The number of nitrogens with zero attached hydrogens (tertiary/aromatic N) is 2. The van der Waals surface area contributed by atoms with Crippen LogP contribution >= 0.6 is 0 Å². The molecule has 2 heterocycles. The third kappa shape index (κ3) is 11.6. The van der Waals surface area contributed by atoms with E-state index in [9.17, 15) is 19.2 Å². The van der Waals surface area contributed by atoms with Crippen LogP contribution in [0.15, 0.2) is 60.7 Å². The SMILES string of the molecule is CC(C)CC(NC(=O)C(Cc1ccccc1)NC(=O)C(N)Cc1ccccc1)C(=O)NC(CCCCN)C(=O)N1CCC2(CC1)CC(N1CCCC1)C2. The van der Waals surface area contributed by atoms with Crippen LogP contribution in [0.4, 0.5) is 0 Å². The van der Waals surface area contributed by atoms with E-state index in [1.165, 1.54) is 38.8 Å². The van der Waals surface area contributed by atoms with Crippen molar-refractivity contribution in [2.24, 2.45) is 22.8 Å². The maximum atomic E-state index is 14.0. The van der Waals surface area contributed by atoms with Crippen molar-refractivity contribution in [3.05, 3.63) is 71.8 Å². The lowest BCUT2D eigenvalue weighted by Gasteiger charge is -2.55. The molecule has 0 aromatic heterocycles. The van der Waals surface area contributed by atoms with Crippen molar-refractivity contribution in [2.45, 2.75) is 121 Å². The summed E-state index contributed by atoms with van der Waals surface area (Å²) < 4.78 is 0. The molecule has 4 amide bonds. The van der Waals surface area contributed by atoms with E-state index >= 15 is 0 Å². The fraction of sp³-hybridized carbons (Fsp3) is 0.619. The van der Waals surface area contributed by atoms with Gasteiger partial charge in [0, 0.05) is 25.6 Å². The second kappa shape index (κ2) is 19.5. The Morgan fingerprint density at radius 3 is 1.87 bits per heavy atom. The number of hydrogen-bond donors (Lipinski definition) is 5. The third-order valence-corrected chi connectivity index (χ3v) is 11.6. The summed E-state index contributed by atoms with van der Waals surface area (Å²) in [6.07, 6.45) is 9.92. The molecule has 4 atom stereocenters. The number of rotatable bonds is 18. The average Bonchev–Trinajstić information content (AvgIpc) is 3.68. The van der Waals surface area contributed by atoms with Crippen LogP contribution in [0, 0.1) is 11.3 Å². The maximum absolute atomic E-state index is 14.0. The molecule has 5 rings (SSSR count). The monoisotopic (exact) mass is 729 g/mol. The van der Waals surface area contributed by atoms with Gasteiger partial charge in [-0.3, -0.25) is 19.2 Å². The largest absolute Gasteiger partial charge is 0.343 e. The van der Waals surface area contributed by atoms with Gasteiger partial charge < -0.3 is 37.2 Å². The first-order chi connectivity index (χ1) is 25.6. The van der Waals surface area contributed by atoms with E-state index < -0.39 is 41.9 Å². The number of piperidine rings is 1. The number of hydrogen-bond acceptors (Lipinski definition) is 7. The summed E-state index contributed by atoms with van der Waals surface area (Å²) in [5.41, 5.74) is 14.2. The van der Waals surface area contributed by atoms with E-state index in [-0.39, 0.29) is 18.2 Å². The number of unbranched alkanes of at least 4 members (excludes halogenated alkanes) is 1. The van der Waals surface area contributed by atoms with E-state index in [0.29, 0.717) is 56.8 Å². The number of likely N-dealkylation sites (tertiary alicyclic amines) is 2. The van der Waals surface area contributed by atoms with E-state index in [4.69, 9.17) is 11.5 Å². The first-order valence-electron chi connectivity index (χ1n) is 20.0. The van der Waals surface area contributed by atoms with Gasteiger partial charge in [0.2, 0.25) is 23.6 Å². The van der Waals surface area contributed by atoms with Crippen LogP contribution in [0.1, 0.15) is 89.2 Å². The first-order valence-corrected chi connectivity index (χ1v) is 20.0. The summed E-state index contributed by atoms with van der Waals surface area (Å²) in [4.78, 5) is 60.0. The summed E-state index contributed by atoms with van der Waals surface area (Å²) in [6.45, 7) is 8.33. The minimum Gasteiger partial charge on any atom is -0.343 e. The minimum atomic E-state index is -0.964. The van der Waals surface area contributed by atoms with Gasteiger partial charge in [-0.25, -0.2) is 0 Å². The zero-order valence-corrected chi connectivity index (χ0v) is 31.9. The number of benzene rings is 2. The molecule has 2 aliphatic heterocycles. The van der Waals surface area contributed by atoms with Gasteiger partial charge in [-0.05, 0) is 113 Å². The van der Waals surface area contributed by atoms with Gasteiger partial charge in [0.1, 0.15) is 18.1 Å². The van der Waals surface area contributed by atoms with E-state index in [1.54, 1.807) is 0 Å². The second-order valence-electron chi connectivity index (χ2n) is 16.2. The van der Waals surface area contributed by atoms with Crippen LogP contribution in [-0.4, -0.2) is 96.4 Å². The number of carbonyl (C=O) groups excluding carboxylic acids is 4. The molecular formula is C42H63N7O4. The molecular weight excluding hydrogens is 667 g/mol. The third-order valence-electron chi connectivity index (χ3n) is 11.6. The molecule has 1 aliphatic carbocycles. The summed E-state index contributed by atoms with van der Waals surface area (Å²) in [7, 11) is 0. The van der Waals surface area contributed by atoms with E-state index in [1.807, 2.05) is 79.4 Å². The van der Waals surface area contributed by atoms with Crippen LogP contribution < -0.4 is 27.4 Å². The van der Waals surface area contributed by atoms with Crippen LogP contribution in [-0.2, 0) is 32.0 Å². The Hall–Kier alpha value is -3.80. The molecule has 11 heteroatoms. The van der Waals surface area contributed by atoms with Crippen LogP contribution in [0.5, 0.6) is 0 Å². The van der Waals surface area contributed by atoms with Crippen LogP contribution in [0.3, 0.4) is 0 Å². The molecule has 0 radical (unpaired) electrons. The van der Waals surface area contributed by atoms with Crippen molar-refractivity contribution in [1.82, 2.24) is 25.8 Å². The lowest BCUT2D eigenvalue weighted by atomic mass is 9.60. The number of carbonyl (C=O) groups is 4. The van der Waals surface area contributed by atoms with Gasteiger partial charge in [-0.1, -0.05) is 74.5 Å². The molecule has 2 aromatic carbocycles. The number of nitrogens with one attached hydrogen (secondary N) is 3. The molecule has 4 unspecified atom stereocenters. The van der Waals surface area contributed by atoms with Crippen LogP contribution in [0.2, 0.25) is 0 Å². The van der Waals surface area contributed by atoms with Gasteiger partial charge in [-0.15, -0.1) is 0 Å². The maximum Gasteiger partial charge on any atom is 0.245 e. The highest BCUT2D eigenvalue weighted by atomic mass is 16.2. The zero-order valence-electron chi connectivity index (χ0n) is 31.9. The quantitative estimate of drug-likeness (QED) is 0.147. The standard InChI is InChI=1S/C42H63N7O4/c1-30(2)25-36(47-40(52)37(27-32-15-7-4-8-16-32)46-38(50)34(44)26-31-13-5-3-6-14-31)39(51)45-35(17-9-10-20-43)41(53)49-23-18-42(19-24-49)28-33(29-42)48-21-11-12-22-48/h3-8,13-16,30,33-37H,9-12,17-29,43-44H2,1-2H3,(H,45,51)(H,46,50)(H,47,52). The zero-order chi connectivity index (χ0) is 37.8. The molecule has 7 N–H and O–H groups in total. The Morgan fingerprint density at radius 2 is 1.28 bits per heavy atom. The molecule has 2 saturated heterocycles. The summed E-state index contributed by atoms with van der Waals surface area (Å²) in [5.74, 6) is -1.31. The molecule has 1 spiro atoms. The highest BCUT2D eigenvalue weighted by molar-refractivity contribution is 5.95. The van der Waals surface area contributed by atoms with E-state index in [2.05, 4.69) is 20.9 Å². The predicted octanol–water partition coefficient (Wildman–Crippen LogP) is 3.30. The normalized spacial score (nSPS) is 19.6. The van der Waals surface area contributed by atoms with Crippen molar-refractivity contribution in [1.29, 1.82) is 0 Å². The molecule has 11 nitrogen and oxygen atoms in total. The van der Waals surface area contributed by atoms with Crippen molar-refractivity contribution in [3.63, 3.8) is 0 Å².